The molecule has 4 N–H and O–H groups in total. The van der Waals surface area contributed by atoms with Crippen molar-refractivity contribution < 1.29 is 0 Å². The van der Waals surface area contributed by atoms with Crippen LogP contribution in [-0.2, 0) is 0 Å². The van der Waals surface area contributed by atoms with Crippen LogP contribution in [-0.4, -0.2) is 12.6 Å². The van der Waals surface area contributed by atoms with Crippen molar-refractivity contribution in [3.8, 4) is 0 Å². The second kappa shape index (κ2) is 10.8. The zero-order valence-electron chi connectivity index (χ0n) is 4.96. The smallest absolute Gasteiger partial charge is 0.0160 e. The van der Waals surface area contributed by atoms with E-state index in [1.54, 1.807) is 0 Å². The fourth-order valence-corrected chi connectivity index (χ4v) is 0.167. The third-order valence-electron chi connectivity index (χ3n) is 0.827. The Hall–Kier alpha value is 0.880. The highest BCUT2D eigenvalue weighted by molar-refractivity contribution is 8.93. The maximum atomic E-state index is 5.35. The molecule has 0 bridgehead atoms. The first-order valence-corrected chi connectivity index (χ1v) is 2.27. The Balaban J connectivity index is -0.000000125. The summed E-state index contributed by atoms with van der Waals surface area (Å²) in [5, 5.41) is 0. The van der Waals surface area contributed by atoms with Gasteiger partial charge in [-0.2, -0.15) is 0 Å². The van der Waals surface area contributed by atoms with Crippen molar-refractivity contribution in [2.24, 2.45) is 11.5 Å². The van der Waals surface area contributed by atoms with Gasteiger partial charge in [-0.1, -0.05) is 6.92 Å². The summed E-state index contributed by atoms with van der Waals surface area (Å²) in [5.74, 6) is 0. The van der Waals surface area contributed by atoms with Gasteiger partial charge in [-0.3, -0.25) is 0 Å². The average molecular weight is 250 g/mol. The van der Waals surface area contributed by atoms with Crippen LogP contribution in [0.2, 0.25) is 0 Å². The highest BCUT2D eigenvalue weighted by Crippen LogP contribution is 1.77. The van der Waals surface area contributed by atoms with E-state index >= 15 is 0 Å². The van der Waals surface area contributed by atoms with Crippen LogP contribution in [0.1, 0.15) is 13.3 Å². The molecule has 0 aromatic rings. The van der Waals surface area contributed by atoms with Gasteiger partial charge in [0.1, 0.15) is 0 Å². The van der Waals surface area contributed by atoms with Gasteiger partial charge in [0.05, 0.1) is 0 Å². The molecular weight excluding hydrogens is 236 g/mol. The molecule has 8 heavy (non-hydrogen) atoms. The Labute approximate surface area is 71.5 Å². The van der Waals surface area contributed by atoms with Gasteiger partial charge in [0.2, 0.25) is 0 Å². The van der Waals surface area contributed by atoms with Gasteiger partial charge >= 0.3 is 0 Å². The molecule has 0 saturated heterocycles. The Morgan fingerprint density at radius 2 is 1.75 bits per heavy atom. The van der Waals surface area contributed by atoms with E-state index in [2.05, 4.69) is 0 Å². The molecule has 4 heteroatoms. The van der Waals surface area contributed by atoms with Crippen LogP contribution >= 0.6 is 34.0 Å². The van der Waals surface area contributed by atoms with Gasteiger partial charge < -0.3 is 11.5 Å². The van der Waals surface area contributed by atoms with Gasteiger partial charge in [-0.25, -0.2) is 0 Å². The molecule has 1 unspecified atom stereocenters. The molecule has 2 nitrogen and oxygen atoms in total. The topological polar surface area (TPSA) is 52.0 Å². The molecular formula is C4H14Br2N2. The molecule has 0 radical (unpaired) electrons. The zero-order valence-corrected chi connectivity index (χ0v) is 8.39. The van der Waals surface area contributed by atoms with Crippen molar-refractivity contribution in [2.45, 2.75) is 19.4 Å². The number of hydrogen-bond acceptors (Lipinski definition) is 2. The largest absolute Gasteiger partial charge is 0.329 e. The van der Waals surface area contributed by atoms with Crippen LogP contribution in [0.4, 0.5) is 0 Å². The lowest BCUT2D eigenvalue weighted by molar-refractivity contribution is 0.660. The molecule has 0 aliphatic rings. The predicted molar refractivity (Wildman–Crippen MR) is 48.0 cm³/mol. The van der Waals surface area contributed by atoms with E-state index in [1.165, 1.54) is 0 Å². The van der Waals surface area contributed by atoms with Gasteiger partial charge in [-0.05, 0) is 6.42 Å². The summed E-state index contributed by atoms with van der Waals surface area (Å²) in [5.41, 5.74) is 10.5. The second-order valence-corrected chi connectivity index (χ2v) is 1.40. The minimum Gasteiger partial charge on any atom is -0.329 e. The summed E-state index contributed by atoms with van der Waals surface area (Å²) >= 11 is 0. The Morgan fingerprint density at radius 1 is 1.38 bits per heavy atom. The first kappa shape index (κ1) is 15.9. The molecule has 0 spiro atoms. The van der Waals surface area contributed by atoms with E-state index in [1.807, 2.05) is 6.92 Å². The molecule has 0 aromatic carbocycles. The normalized spacial score (nSPS) is 10.9. The molecule has 0 aliphatic carbocycles. The van der Waals surface area contributed by atoms with E-state index in [-0.39, 0.29) is 40.0 Å². The fraction of sp³-hybridized carbons (Fsp3) is 1.00. The molecule has 0 fully saturated rings. The zero-order chi connectivity index (χ0) is 4.99. The monoisotopic (exact) mass is 248 g/mol. The van der Waals surface area contributed by atoms with E-state index in [9.17, 15) is 0 Å². The summed E-state index contributed by atoms with van der Waals surface area (Å²) < 4.78 is 0. The molecule has 0 saturated carbocycles. The summed E-state index contributed by atoms with van der Waals surface area (Å²) in [6.45, 7) is 2.63. The molecule has 0 aromatic heterocycles. The summed E-state index contributed by atoms with van der Waals surface area (Å²) in [6, 6.07) is 0.213. The Morgan fingerprint density at radius 3 is 1.75 bits per heavy atom. The number of rotatable bonds is 2. The average Bonchev–Trinajstić information content (AvgIpc) is 1.65. The lowest BCUT2D eigenvalue weighted by Gasteiger charge is -1.99. The summed E-state index contributed by atoms with van der Waals surface area (Å²) in [7, 11) is 0. The van der Waals surface area contributed by atoms with Gasteiger partial charge in [-0.15, -0.1) is 34.0 Å². The van der Waals surface area contributed by atoms with E-state index in [0.29, 0.717) is 6.54 Å². The lowest BCUT2D eigenvalue weighted by atomic mass is 10.2. The summed E-state index contributed by atoms with van der Waals surface area (Å²) in [4.78, 5) is 0. The van der Waals surface area contributed by atoms with Crippen molar-refractivity contribution in [3.63, 3.8) is 0 Å². The molecule has 0 rings (SSSR count). The van der Waals surface area contributed by atoms with Crippen molar-refractivity contribution in [2.75, 3.05) is 6.54 Å². The summed E-state index contributed by atoms with van der Waals surface area (Å²) in [6.07, 6.45) is 0.983. The van der Waals surface area contributed by atoms with Crippen LogP contribution in [0.3, 0.4) is 0 Å². The number of hydrogen-bond donors (Lipinski definition) is 2. The van der Waals surface area contributed by atoms with Crippen molar-refractivity contribution in [1.29, 1.82) is 0 Å². The third-order valence-corrected chi connectivity index (χ3v) is 0.827. The third kappa shape index (κ3) is 9.99. The minimum absolute atomic E-state index is 0. The van der Waals surface area contributed by atoms with Crippen molar-refractivity contribution >= 4 is 34.0 Å². The van der Waals surface area contributed by atoms with Crippen LogP contribution in [0.5, 0.6) is 0 Å². The minimum atomic E-state index is 0. The highest BCUT2D eigenvalue weighted by Gasteiger charge is 1.88. The number of nitrogens with two attached hydrogens (primary N) is 2. The molecule has 0 heterocycles. The number of halogens is 2. The van der Waals surface area contributed by atoms with Crippen LogP contribution < -0.4 is 11.5 Å². The first-order valence-electron chi connectivity index (χ1n) is 2.27. The van der Waals surface area contributed by atoms with Crippen molar-refractivity contribution in [3.05, 3.63) is 0 Å². The lowest BCUT2D eigenvalue weighted by Crippen LogP contribution is -2.28. The Kier molecular flexibility index (Phi) is 21.5. The predicted octanol–water partition coefficient (Wildman–Crippen LogP) is 0.838. The quantitative estimate of drug-likeness (QED) is 0.762. The fourth-order valence-electron chi connectivity index (χ4n) is 0.167. The van der Waals surface area contributed by atoms with Gasteiger partial charge in [0, 0.05) is 12.6 Å². The van der Waals surface area contributed by atoms with Crippen LogP contribution in [0.15, 0.2) is 0 Å². The maximum absolute atomic E-state index is 5.35. The Bertz CT molecular complexity index is 31.2. The molecule has 54 valence electrons. The van der Waals surface area contributed by atoms with Crippen LogP contribution in [0.25, 0.3) is 0 Å². The maximum Gasteiger partial charge on any atom is 0.0160 e. The first-order chi connectivity index (χ1) is 2.81. The van der Waals surface area contributed by atoms with E-state index < -0.39 is 0 Å². The SMILES string of the molecule is Br.Br.CCC(N)CN. The van der Waals surface area contributed by atoms with Gasteiger partial charge in [0.15, 0.2) is 0 Å². The highest BCUT2D eigenvalue weighted by atomic mass is 79.9. The molecule has 1 atom stereocenters. The standard InChI is InChI=1S/C4H12N2.2BrH/c1-2-4(6)3-5;;/h4H,2-3,5-6H2,1H3;2*1H. The van der Waals surface area contributed by atoms with Gasteiger partial charge in [0.25, 0.3) is 0 Å². The van der Waals surface area contributed by atoms with E-state index in [4.69, 9.17) is 11.5 Å². The molecule has 0 aliphatic heterocycles. The van der Waals surface area contributed by atoms with Crippen LogP contribution in [0, 0.1) is 0 Å². The van der Waals surface area contributed by atoms with Crippen molar-refractivity contribution in [1.82, 2.24) is 0 Å². The molecule has 0 amide bonds. The van der Waals surface area contributed by atoms with E-state index in [0.717, 1.165) is 6.42 Å². The second-order valence-electron chi connectivity index (χ2n) is 1.40.